The van der Waals surface area contributed by atoms with Gasteiger partial charge in [0, 0.05) is 22.6 Å². The molecule has 1 aromatic rings. The zero-order chi connectivity index (χ0) is 18.5. The molecule has 0 spiro atoms. The average molecular weight is 371 g/mol. The lowest BCUT2D eigenvalue weighted by atomic mass is 10.1. The first-order chi connectivity index (χ1) is 11.5. The summed E-state index contributed by atoms with van der Waals surface area (Å²) in [5.41, 5.74) is 1.38. The minimum absolute atomic E-state index is 0.00106. The molecule has 0 aliphatic carbocycles. The standard InChI is InChI=1S/C17H22Cl2N2O.C2H6/c1-4-7-16(17(22)20-5-2)21-12(3)10-11-13-14(18)8-6-9-15(13)19;1-2/h4,6-9,12H,5,10-11H2,1-3H3,(H,20,22);1-2H3/b7-4-,21-16?;. The van der Waals surface area contributed by atoms with Crippen molar-refractivity contribution in [2.24, 2.45) is 4.99 Å². The highest BCUT2D eigenvalue weighted by molar-refractivity contribution is 6.43. The molecule has 1 N–H and O–H groups in total. The molecular formula is C19H28Cl2N2O. The molecule has 1 rings (SSSR count). The van der Waals surface area contributed by atoms with Crippen LogP contribution in [0.2, 0.25) is 10.0 Å². The zero-order valence-corrected chi connectivity index (χ0v) is 16.7. The summed E-state index contributed by atoms with van der Waals surface area (Å²) in [6.07, 6.45) is 5.03. The van der Waals surface area contributed by atoms with Crippen molar-refractivity contribution in [1.82, 2.24) is 5.32 Å². The van der Waals surface area contributed by atoms with Gasteiger partial charge in [0.25, 0.3) is 5.91 Å². The summed E-state index contributed by atoms with van der Waals surface area (Å²) in [5.74, 6) is -0.150. The molecule has 0 aliphatic heterocycles. The molecule has 1 aromatic carbocycles. The Kier molecular flexibility index (Phi) is 12.3. The van der Waals surface area contributed by atoms with Crippen molar-refractivity contribution in [2.75, 3.05) is 6.54 Å². The maximum Gasteiger partial charge on any atom is 0.269 e. The Hall–Kier alpha value is -1.32. The van der Waals surface area contributed by atoms with Crippen molar-refractivity contribution < 1.29 is 4.79 Å². The van der Waals surface area contributed by atoms with Crippen molar-refractivity contribution in [1.29, 1.82) is 0 Å². The number of hydrogen-bond donors (Lipinski definition) is 1. The van der Waals surface area contributed by atoms with Gasteiger partial charge in [-0.05, 0) is 57.4 Å². The topological polar surface area (TPSA) is 41.5 Å². The number of carbonyl (C=O) groups excluding carboxylic acids is 1. The third kappa shape index (κ3) is 7.98. The number of rotatable bonds is 7. The van der Waals surface area contributed by atoms with Crippen LogP contribution in [0, 0.1) is 0 Å². The minimum atomic E-state index is -0.150. The van der Waals surface area contributed by atoms with Crippen LogP contribution < -0.4 is 5.32 Å². The summed E-state index contributed by atoms with van der Waals surface area (Å²) in [6, 6.07) is 5.49. The van der Waals surface area contributed by atoms with Gasteiger partial charge in [-0.2, -0.15) is 0 Å². The monoisotopic (exact) mass is 370 g/mol. The van der Waals surface area contributed by atoms with Gasteiger partial charge < -0.3 is 5.32 Å². The number of carbonyl (C=O) groups is 1. The molecule has 1 atom stereocenters. The average Bonchev–Trinajstić information content (AvgIpc) is 2.56. The van der Waals surface area contributed by atoms with Gasteiger partial charge in [-0.1, -0.05) is 49.2 Å². The normalized spacial score (nSPS) is 12.5. The second-order valence-electron chi connectivity index (χ2n) is 4.96. The molecule has 24 heavy (non-hydrogen) atoms. The smallest absolute Gasteiger partial charge is 0.269 e. The number of nitrogens with zero attached hydrogens (tertiary/aromatic N) is 1. The fraction of sp³-hybridized carbons (Fsp3) is 0.474. The van der Waals surface area contributed by atoms with E-state index in [1.165, 1.54) is 0 Å². The molecule has 134 valence electrons. The molecule has 1 amide bonds. The number of nitrogens with one attached hydrogen (secondary N) is 1. The van der Waals surface area contributed by atoms with E-state index in [-0.39, 0.29) is 11.9 Å². The molecular weight excluding hydrogens is 343 g/mol. The number of aliphatic imine (C=N–C) groups is 1. The summed E-state index contributed by atoms with van der Waals surface area (Å²) in [7, 11) is 0. The Bertz CT molecular complexity index is 548. The lowest BCUT2D eigenvalue weighted by Gasteiger charge is -2.11. The molecule has 0 aliphatic rings. The Morgan fingerprint density at radius 1 is 1.29 bits per heavy atom. The number of halogens is 2. The van der Waals surface area contributed by atoms with Crippen LogP contribution in [-0.4, -0.2) is 24.2 Å². The van der Waals surface area contributed by atoms with Crippen LogP contribution >= 0.6 is 23.2 Å². The van der Waals surface area contributed by atoms with Crippen molar-refractivity contribution in [3.8, 4) is 0 Å². The van der Waals surface area contributed by atoms with Gasteiger partial charge in [0.15, 0.2) is 0 Å². The van der Waals surface area contributed by atoms with Crippen LogP contribution in [0.15, 0.2) is 35.3 Å². The highest BCUT2D eigenvalue weighted by Gasteiger charge is 2.11. The summed E-state index contributed by atoms with van der Waals surface area (Å²) in [4.78, 5) is 16.4. The third-order valence-corrected chi connectivity index (χ3v) is 3.84. The maximum atomic E-state index is 11.9. The fourth-order valence-corrected chi connectivity index (χ4v) is 2.60. The molecule has 0 saturated carbocycles. The predicted molar refractivity (Wildman–Crippen MR) is 107 cm³/mol. The third-order valence-electron chi connectivity index (χ3n) is 3.13. The van der Waals surface area contributed by atoms with Crippen LogP contribution in [0.3, 0.4) is 0 Å². The highest BCUT2D eigenvalue weighted by atomic mass is 35.5. The summed E-state index contributed by atoms with van der Waals surface area (Å²) in [6.45, 7) is 10.3. The summed E-state index contributed by atoms with van der Waals surface area (Å²) in [5, 5.41) is 4.10. The van der Waals surface area contributed by atoms with E-state index in [9.17, 15) is 4.79 Å². The maximum absolute atomic E-state index is 11.9. The van der Waals surface area contributed by atoms with Gasteiger partial charge in [-0.25, -0.2) is 0 Å². The van der Waals surface area contributed by atoms with Crippen LogP contribution in [0.25, 0.3) is 0 Å². The molecule has 3 nitrogen and oxygen atoms in total. The van der Waals surface area contributed by atoms with Gasteiger partial charge in [0.1, 0.15) is 5.71 Å². The predicted octanol–water partition coefficient (Wildman–Crippen LogP) is 5.49. The lowest BCUT2D eigenvalue weighted by molar-refractivity contribution is -0.114. The molecule has 0 aromatic heterocycles. The second-order valence-corrected chi connectivity index (χ2v) is 5.78. The van der Waals surface area contributed by atoms with E-state index in [2.05, 4.69) is 10.3 Å². The van der Waals surface area contributed by atoms with Gasteiger partial charge >= 0.3 is 0 Å². The molecule has 5 heteroatoms. The first-order valence-electron chi connectivity index (χ1n) is 8.41. The zero-order valence-electron chi connectivity index (χ0n) is 15.2. The van der Waals surface area contributed by atoms with Crippen molar-refractivity contribution >= 4 is 34.8 Å². The van der Waals surface area contributed by atoms with E-state index in [1.807, 2.05) is 58.9 Å². The van der Waals surface area contributed by atoms with Gasteiger partial charge in [-0.15, -0.1) is 0 Å². The van der Waals surface area contributed by atoms with E-state index in [0.29, 0.717) is 22.3 Å². The summed E-state index contributed by atoms with van der Waals surface area (Å²) >= 11 is 12.3. The van der Waals surface area contributed by atoms with Crippen molar-refractivity contribution in [2.45, 2.75) is 53.5 Å². The Morgan fingerprint density at radius 3 is 2.38 bits per heavy atom. The molecule has 0 bridgehead atoms. The van der Waals surface area contributed by atoms with Gasteiger partial charge in [0.2, 0.25) is 0 Å². The van der Waals surface area contributed by atoms with Crippen molar-refractivity contribution in [3.63, 3.8) is 0 Å². The second kappa shape index (κ2) is 13.0. The van der Waals surface area contributed by atoms with Crippen LogP contribution in [0.5, 0.6) is 0 Å². The van der Waals surface area contributed by atoms with E-state index in [4.69, 9.17) is 23.2 Å². The molecule has 0 saturated heterocycles. The largest absolute Gasteiger partial charge is 0.351 e. The fourth-order valence-electron chi connectivity index (χ4n) is 2.01. The SMILES string of the molecule is C/C=C\C(=NC(C)CCc1c(Cl)cccc1Cl)C(=O)NCC.CC. The van der Waals surface area contributed by atoms with Crippen LogP contribution in [0.1, 0.15) is 46.6 Å². The van der Waals surface area contributed by atoms with Gasteiger partial charge in [-0.3, -0.25) is 9.79 Å². The Balaban J connectivity index is 0.00000254. The summed E-state index contributed by atoms with van der Waals surface area (Å²) < 4.78 is 0. The minimum Gasteiger partial charge on any atom is -0.351 e. The number of benzene rings is 1. The quantitative estimate of drug-likeness (QED) is 0.633. The van der Waals surface area contributed by atoms with E-state index >= 15 is 0 Å². The van der Waals surface area contributed by atoms with E-state index in [0.717, 1.165) is 18.4 Å². The molecule has 1 unspecified atom stereocenters. The number of hydrogen-bond acceptors (Lipinski definition) is 2. The van der Waals surface area contributed by atoms with E-state index < -0.39 is 0 Å². The van der Waals surface area contributed by atoms with Gasteiger partial charge in [0.05, 0.1) is 0 Å². The van der Waals surface area contributed by atoms with Crippen LogP contribution in [0.4, 0.5) is 0 Å². The first-order valence-corrected chi connectivity index (χ1v) is 9.16. The van der Waals surface area contributed by atoms with Crippen molar-refractivity contribution in [3.05, 3.63) is 46.0 Å². The molecule has 0 heterocycles. The first kappa shape index (κ1) is 22.7. The molecule has 0 fully saturated rings. The highest BCUT2D eigenvalue weighted by Crippen LogP contribution is 2.26. The number of allylic oxidation sites excluding steroid dienone is 1. The number of amides is 1. The Morgan fingerprint density at radius 2 is 1.88 bits per heavy atom. The Labute approximate surface area is 156 Å². The lowest BCUT2D eigenvalue weighted by Crippen LogP contribution is -2.30. The van der Waals surface area contributed by atoms with Crippen LogP contribution in [-0.2, 0) is 11.2 Å². The molecule has 0 radical (unpaired) electrons. The van der Waals surface area contributed by atoms with E-state index in [1.54, 1.807) is 6.08 Å².